The van der Waals surface area contributed by atoms with Crippen LogP contribution < -0.4 is 10.6 Å². The molecule has 2 N–H and O–H groups in total. The summed E-state index contributed by atoms with van der Waals surface area (Å²) in [6.07, 6.45) is 1.77. The number of benzene rings is 1. The van der Waals surface area contributed by atoms with Crippen LogP contribution in [0.15, 0.2) is 29.2 Å². The summed E-state index contributed by atoms with van der Waals surface area (Å²) in [6, 6.07) is 4.44. The Morgan fingerprint density at radius 2 is 1.74 bits per heavy atom. The van der Waals surface area contributed by atoms with Crippen molar-refractivity contribution >= 4 is 27.7 Å². The normalized spacial score (nSPS) is 10.7. The van der Waals surface area contributed by atoms with Gasteiger partial charge in [-0.3, -0.25) is 10.1 Å². The maximum Gasteiger partial charge on any atom is 0.338 e. The third-order valence-electron chi connectivity index (χ3n) is 2.64. The number of carbonyl (C=O) groups is 3. The number of carbonyl (C=O) groups excluding carboxylic acids is 3. The highest BCUT2D eigenvalue weighted by Gasteiger charge is 2.13. The third-order valence-corrected chi connectivity index (χ3v) is 3.77. The second-order valence-corrected chi connectivity index (χ2v) is 6.69. The van der Waals surface area contributed by atoms with Crippen molar-refractivity contribution in [3.05, 3.63) is 29.8 Å². The number of hydrogen-bond acceptors (Lipinski definition) is 6. The van der Waals surface area contributed by atoms with E-state index in [1.54, 1.807) is 0 Å². The monoisotopic (exact) mass is 342 g/mol. The molecular formula is C14H18N2O6S. The highest BCUT2D eigenvalue weighted by atomic mass is 32.2. The Morgan fingerprint density at radius 3 is 2.26 bits per heavy atom. The van der Waals surface area contributed by atoms with Crippen LogP contribution in [0.1, 0.15) is 23.7 Å². The molecule has 0 aliphatic rings. The number of sulfone groups is 1. The van der Waals surface area contributed by atoms with Crippen molar-refractivity contribution in [2.45, 2.75) is 18.2 Å². The molecule has 0 heterocycles. The Bertz CT molecular complexity index is 682. The number of amides is 3. The number of nitrogens with one attached hydrogen (secondary N) is 2. The van der Waals surface area contributed by atoms with Gasteiger partial charge >= 0.3 is 12.0 Å². The van der Waals surface area contributed by atoms with Gasteiger partial charge in [0.1, 0.15) is 0 Å². The second kappa shape index (κ2) is 8.28. The van der Waals surface area contributed by atoms with Gasteiger partial charge in [-0.15, -0.1) is 0 Å². The van der Waals surface area contributed by atoms with Gasteiger partial charge in [0.25, 0.3) is 5.91 Å². The van der Waals surface area contributed by atoms with E-state index in [-0.39, 0.29) is 10.5 Å². The fourth-order valence-corrected chi connectivity index (χ4v) is 2.13. The van der Waals surface area contributed by atoms with Gasteiger partial charge in [0.05, 0.1) is 10.5 Å². The number of esters is 1. The largest absolute Gasteiger partial charge is 0.452 e. The first kappa shape index (κ1) is 18.6. The van der Waals surface area contributed by atoms with E-state index in [1.807, 2.05) is 12.2 Å². The molecule has 1 rings (SSSR count). The van der Waals surface area contributed by atoms with Crippen LogP contribution in [0.3, 0.4) is 0 Å². The van der Waals surface area contributed by atoms with E-state index in [4.69, 9.17) is 4.74 Å². The number of imide groups is 1. The van der Waals surface area contributed by atoms with Crippen molar-refractivity contribution in [3.8, 4) is 0 Å². The fraction of sp³-hybridized carbons (Fsp3) is 0.357. The number of hydrogen-bond donors (Lipinski definition) is 2. The standard InChI is InChI=1S/C14H18N2O6S/c1-3-8-15-14(19)16-12(17)9-22-13(18)10-4-6-11(7-5-10)23(2,20)21/h4-7H,3,8-9H2,1-2H3,(H2,15,16,17,19). The molecule has 1 aromatic carbocycles. The summed E-state index contributed by atoms with van der Waals surface area (Å²) in [7, 11) is -3.35. The summed E-state index contributed by atoms with van der Waals surface area (Å²) in [5, 5.41) is 4.44. The van der Waals surface area contributed by atoms with Gasteiger partial charge in [0.2, 0.25) is 0 Å². The highest BCUT2D eigenvalue weighted by Crippen LogP contribution is 2.11. The number of urea groups is 1. The lowest BCUT2D eigenvalue weighted by Gasteiger charge is -2.07. The first-order valence-electron chi connectivity index (χ1n) is 6.79. The van der Waals surface area contributed by atoms with Gasteiger partial charge in [-0.2, -0.15) is 0 Å². The minimum Gasteiger partial charge on any atom is -0.452 e. The van der Waals surface area contributed by atoms with Crippen molar-refractivity contribution in [1.29, 1.82) is 0 Å². The molecule has 0 aromatic heterocycles. The molecule has 0 spiro atoms. The van der Waals surface area contributed by atoms with E-state index in [0.717, 1.165) is 12.7 Å². The topological polar surface area (TPSA) is 119 Å². The molecule has 126 valence electrons. The minimum atomic E-state index is -3.35. The van der Waals surface area contributed by atoms with E-state index >= 15 is 0 Å². The number of ether oxygens (including phenoxy) is 1. The van der Waals surface area contributed by atoms with Crippen LogP contribution in [0, 0.1) is 0 Å². The van der Waals surface area contributed by atoms with Crippen LogP contribution in [0.5, 0.6) is 0 Å². The van der Waals surface area contributed by atoms with Gasteiger partial charge < -0.3 is 10.1 Å². The zero-order valence-corrected chi connectivity index (χ0v) is 13.6. The van der Waals surface area contributed by atoms with Gasteiger partial charge in [-0.1, -0.05) is 6.92 Å². The van der Waals surface area contributed by atoms with Crippen LogP contribution in [0.25, 0.3) is 0 Å². The predicted molar refractivity (Wildman–Crippen MR) is 81.7 cm³/mol. The Balaban J connectivity index is 2.50. The quantitative estimate of drug-likeness (QED) is 0.726. The summed E-state index contributed by atoms with van der Waals surface area (Å²) >= 11 is 0. The zero-order valence-electron chi connectivity index (χ0n) is 12.8. The Kier molecular flexibility index (Phi) is 6.70. The van der Waals surface area contributed by atoms with Gasteiger partial charge in [0.15, 0.2) is 16.4 Å². The highest BCUT2D eigenvalue weighted by molar-refractivity contribution is 7.90. The molecule has 0 aliphatic carbocycles. The SMILES string of the molecule is CCCNC(=O)NC(=O)COC(=O)c1ccc(S(C)(=O)=O)cc1. The Morgan fingerprint density at radius 1 is 1.13 bits per heavy atom. The summed E-state index contributed by atoms with van der Waals surface area (Å²) in [5.41, 5.74) is 0.0978. The summed E-state index contributed by atoms with van der Waals surface area (Å²) < 4.78 is 27.3. The van der Waals surface area contributed by atoms with Gasteiger partial charge in [-0.25, -0.2) is 18.0 Å². The van der Waals surface area contributed by atoms with Crippen molar-refractivity contribution in [1.82, 2.24) is 10.6 Å². The molecule has 0 unspecified atom stereocenters. The molecule has 23 heavy (non-hydrogen) atoms. The van der Waals surface area contributed by atoms with Crippen molar-refractivity contribution in [2.75, 3.05) is 19.4 Å². The maximum atomic E-state index is 11.7. The molecule has 9 heteroatoms. The third kappa shape index (κ3) is 6.47. The Labute approximate surface area is 134 Å². The molecule has 1 aromatic rings. The maximum absolute atomic E-state index is 11.7. The first-order chi connectivity index (χ1) is 10.7. The average Bonchev–Trinajstić information content (AvgIpc) is 2.49. The zero-order chi connectivity index (χ0) is 17.5. The molecule has 0 fully saturated rings. The van der Waals surface area contributed by atoms with E-state index < -0.39 is 34.4 Å². The van der Waals surface area contributed by atoms with E-state index in [9.17, 15) is 22.8 Å². The molecule has 0 aliphatic heterocycles. The molecule has 0 bridgehead atoms. The smallest absolute Gasteiger partial charge is 0.338 e. The Hall–Kier alpha value is -2.42. The van der Waals surface area contributed by atoms with Crippen molar-refractivity contribution in [3.63, 3.8) is 0 Å². The molecule has 0 saturated heterocycles. The molecule has 0 atom stereocenters. The lowest BCUT2D eigenvalue weighted by atomic mass is 10.2. The van der Waals surface area contributed by atoms with Gasteiger partial charge in [-0.05, 0) is 30.7 Å². The molecule has 8 nitrogen and oxygen atoms in total. The molecular weight excluding hydrogens is 324 g/mol. The predicted octanol–water partition coefficient (Wildman–Crippen LogP) is 0.483. The molecule has 0 saturated carbocycles. The molecule has 3 amide bonds. The van der Waals surface area contributed by atoms with Crippen LogP contribution in [0.4, 0.5) is 4.79 Å². The molecule has 0 radical (unpaired) electrons. The average molecular weight is 342 g/mol. The lowest BCUT2D eigenvalue weighted by molar-refractivity contribution is -0.123. The van der Waals surface area contributed by atoms with Crippen LogP contribution >= 0.6 is 0 Å². The van der Waals surface area contributed by atoms with Crippen molar-refractivity contribution < 1.29 is 27.5 Å². The van der Waals surface area contributed by atoms with E-state index in [1.165, 1.54) is 24.3 Å². The number of rotatable bonds is 6. The minimum absolute atomic E-state index is 0.0689. The van der Waals surface area contributed by atoms with E-state index in [0.29, 0.717) is 6.54 Å². The van der Waals surface area contributed by atoms with Gasteiger partial charge in [0, 0.05) is 12.8 Å². The fourth-order valence-electron chi connectivity index (χ4n) is 1.50. The summed E-state index contributed by atoms with van der Waals surface area (Å²) in [5.74, 6) is -1.56. The second-order valence-electron chi connectivity index (χ2n) is 4.68. The lowest BCUT2D eigenvalue weighted by Crippen LogP contribution is -2.41. The first-order valence-corrected chi connectivity index (χ1v) is 8.68. The van der Waals surface area contributed by atoms with Crippen LogP contribution in [-0.4, -0.2) is 45.7 Å². The summed E-state index contributed by atoms with van der Waals surface area (Å²) in [6.45, 7) is 1.66. The van der Waals surface area contributed by atoms with E-state index in [2.05, 4.69) is 5.32 Å². The summed E-state index contributed by atoms with van der Waals surface area (Å²) in [4.78, 5) is 34.4. The van der Waals surface area contributed by atoms with Crippen LogP contribution in [-0.2, 0) is 19.4 Å². The van der Waals surface area contributed by atoms with Crippen molar-refractivity contribution in [2.24, 2.45) is 0 Å². The van der Waals surface area contributed by atoms with Crippen LogP contribution in [0.2, 0.25) is 0 Å².